The molecule has 4 heterocycles. The summed E-state index contributed by atoms with van der Waals surface area (Å²) in [6.07, 6.45) is 5.52. The van der Waals surface area contributed by atoms with Gasteiger partial charge in [0.15, 0.2) is 5.65 Å². The Morgan fingerprint density at radius 3 is 2.80 bits per heavy atom. The Bertz CT molecular complexity index is 996. The summed E-state index contributed by atoms with van der Waals surface area (Å²) in [7, 11) is 0. The van der Waals surface area contributed by atoms with Gasteiger partial charge in [-0.1, -0.05) is 6.92 Å². The van der Waals surface area contributed by atoms with Crippen molar-refractivity contribution in [3.8, 4) is 0 Å². The molecule has 1 fully saturated rings. The number of aromatic nitrogens is 4. The van der Waals surface area contributed by atoms with Gasteiger partial charge in [0.1, 0.15) is 10.7 Å². The van der Waals surface area contributed by atoms with Crippen molar-refractivity contribution < 1.29 is 4.79 Å². The van der Waals surface area contributed by atoms with Crippen LogP contribution in [-0.2, 0) is 12.8 Å². The summed E-state index contributed by atoms with van der Waals surface area (Å²) in [5.74, 6) is 1.75. The molecule has 0 saturated carbocycles. The normalized spacial score (nSPS) is 18.4. The molecular formula is C18H21N5OS. The number of thiophene rings is 1. The summed E-state index contributed by atoms with van der Waals surface area (Å²) in [6, 6.07) is 0. The highest BCUT2D eigenvalue weighted by Gasteiger charge is 2.27. The third-order valence-corrected chi connectivity index (χ3v) is 6.75. The second-order valence-corrected chi connectivity index (χ2v) is 8.43. The Morgan fingerprint density at radius 1 is 1.20 bits per heavy atom. The van der Waals surface area contributed by atoms with Crippen LogP contribution in [0, 0.1) is 12.8 Å². The van der Waals surface area contributed by atoms with E-state index < -0.39 is 0 Å². The number of amides is 1. The minimum atomic E-state index is -0.0463. The van der Waals surface area contributed by atoms with E-state index in [4.69, 9.17) is 4.98 Å². The molecule has 7 heteroatoms. The average Bonchev–Trinajstić information content (AvgIpc) is 3.28. The molecule has 0 unspecified atom stereocenters. The van der Waals surface area contributed by atoms with Gasteiger partial charge in [-0.2, -0.15) is 4.52 Å². The van der Waals surface area contributed by atoms with Gasteiger partial charge in [0.25, 0.3) is 5.91 Å². The van der Waals surface area contributed by atoms with E-state index in [1.807, 2.05) is 11.8 Å². The summed E-state index contributed by atoms with van der Waals surface area (Å²) in [6.45, 7) is 5.78. The Labute approximate surface area is 149 Å². The molecule has 6 nitrogen and oxygen atoms in total. The van der Waals surface area contributed by atoms with Gasteiger partial charge in [0.2, 0.25) is 5.82 Å². The number of piperidine rings is 1. The molecule has 0 spiro atoms. The first kappa shape index (κ1) is 15.3. The van der Waals surface area contributed by atoms with E-state index in [0.29, 0.717) is 11.7 Å². The highest BCUT2D eigenvalue weighted by Crippen LogP contribution is 2.38. The maximum Gasteiger partial charge on any atom is 0.293 e. The third kappa shape index (κ3) is 2.28. The average molecular weight is 355 g/mol. The summed E-state index contributed by atoms with van der Waals surface area (Å²) in [5, 5.41) is 5.63. The lowest BCUT2D eigenvalue weighted by Crippen LogP contribution is -2.38. The van der Waals surface area contributed by atoms with Gasteiger partial charge in [-0.3, -0.25) is 4.79 Å². The van der Waals surface area contributed by atoms with Crippen LogP contribution in [0.5, 0.6) is 0 Å². The minimum absolute atomic E-state index is 0.0463. The van der Waals surface area contributed by atoms with Crippen LogP contribution in [0.2, 0.25) is 0 Å². The van der Waals surface area contributed by atoms with Gasteiger partial charge in [0, 0.05) is 18.0 Å². The quantitative estimate of drug-likeness (QED) is 0.673. The Hall–Kier alpha value is -2.02. The van der Waals surface area contributed by atoms with Crippen LogP contribution in [0.3, 0.4) is 0 Å². The van der Waals surface area contributed by atoms with Crippen LogP contribution < -0.4 is 0 Å². The number of hydrogen-bond donors (Lipinski definition) is 0. The highest BCUT2D eigenvalue weighted by atomic mass is 32.1. The molecule has 3 aromatic heterocycles. The minimum Gasteiger partial charge on any atom is -0.336 e. The van der Waals surface area contributed by atoms with E-state index in [2.05, 4.69) is 17.0 Å². The van der Waals surface area contributed by atoms with Gasteiger partial charge in [-0.15, -0.1) is 16.4 Å². The molecule has 1 amide bonds. The molecule has 1 saturated heterocycles. The fraction of sp³-hybridized carbons (Fsp3) is 0.556. The van der Waals surface area contributed by atoms with Gasteiger partial charge >= 0.3 is 0 Å². The second-order valence-electron chi connectivity index (χ2n) is 7.34. The predicted octanol–water partition coefficient (Wildman–Crippen LogP) is 3.01. The zero-order chi connectivity index (χ0) is 17.1. The number of aryl methyl sites for hydroxylation is 3. The van der Waals surface area contributed by atoms with Crippen molar-refractivity contribution in [2.24, 2.45) is 5.92 Å². The topological polar surface area (TPSA) is 63.4 Å². The molecule has 0 N–H and O–H groups in total. The smallest absolute Gasteiger partial charge is 0.293 e. The molecule has 0 bridgehead atoms. The molecule has 0 aromatic carbocycles. The van der Waals surface area contributed by atoms with Crippen molar-refractivity contribution >= 4 is 33.1 Å². The zero-order valence-corrected chi connectivity index (χ0v) is 15.4. The number of nitrogens with zero attached hydrogens (tertiary/aromatic N) is 5. The molecule has 0 atom stereocenters. The van der Waals surface area contributed by atoms with Crippen LogP contribution in [-0.4, -0.2) is 43.5 Å². The molecule has 25 heavy (non-hydrogen) atoms. The number of carbonyl (C=O) groups excluding carboxylic acids is 1. The SMILES string of the molecule is Cc1nc2sc3c(c2c2nc(C(=O)N4CCC(C)CC4)nn12)CCC3. The number of fused-ring (bicyclic) bond motifs is 5. The molecule has 2 aliphatic rings. The fourth-order valence-corrected chi connectivity index (χ4v) is 5.34. The van der Waals surface area contributed by atoms with Crippen molar-refractivity contribution in [1.29, 1.82) is 0 Å². The summed E-state index contributed by atoms with van der Waals surface area (Å²) < 4.78 is 1.76. The van der Waals surface area contributed by atoms with Crippen LogP contribution in [0.25, 0.3) is 15.9 Å². The number of hydrogen-bond acceptors (Lipinski definition) is 5. The number of carbonyl (C=O) groups is 1. The van der Waals surface area contributed by atoms with E-state index in [1.54, 1.807) is 15.9 Å². The van der Waals surface area contributed by atoms with E-state index >= 15 is 0 Å². The molecule has 0 radical (unpaired) electrons. The monoisotopic (exact) mass is 355 g/mol. The Balaban J connectivity index is 1.62. The lowest BCUT2D eigenvalue weighted by molar-refractivity contribution is 0.0685. The van der Waals surface area contributed by atoms with Crippen molar-refractivity contribution in [2.45, 2.75) is 46.0 Å². The van der Waals surface area contributed by atoms with Gasteiger partial charge in [-0.05, 0) is 50.5 Å². The molecular weight excluding hydrogens is 334 g/mol. The first-order chi connectivity index (χ1) is 12.1. The van der Waals surface area contributed by atoms with Gasteiger partial charge in [0.05, 0.1) is 5.39 Å². The lowest BCUT2D eigenvalue weighted by Gasteiger charge is -2.29. The summed E-state index contributed by atoms with van der Waals surface area (Å²) in [5.41, 5.74) is 2.17. The standard InChI is InChI=1S/C18H21N5OS/c1-10-6-8-22(9-7-10)18(24)15-20-16-14-12-4-3-5-13(12)25-17(14)19-11(2)23(16)21-15/h10H,3-9H2,1-2H3. The third-order valence-electron chi connectivity index (χ3n) is 5.57. The van der Waals surface area contributed by atoms with Crippen molar-refractivity contribution in [3.63, 3.8) is 0 Å². The Kier molecular flexibility index (Phi) is 3.35. The maximum atomic E-state index is 12.9. The fourth-order valence-electron chi connectivity index (χ4n) is 4.04. The Morgan fingerprint density at radius 2 is 2.00 bits per heavy atom. The molecule has 3 aromatic rings. The van der Waals surface area contributed by atoms with E-state index in [9.17, 15) is 4.79 Å². The zero-order valence-electron chi connectivity index (χ0n) is 14.6. The summed E-state index contributed by atoms with van der Waals surface area (Å²) in [4.78, 5) is 26.6. The second kappa shape index (κ2) is 5.49. The first-order valence-electron chi connectivity index (χ1n) is 9.08. The van der Waals surface area contributed by atoms with Crippen LogP contribution in [0.15, 0.2) is 0 Å². The van der Waals surface area contributed by atoms with Gasteiger partial charge in [-0.25, -0.2) is 9.97 Å². The molecule has 1 aliphatic carbocycles. The maximum absolute atomic E-state index is 12.9. The van der Waals surface area contributed by atoms with Crippen LogP contribution >= 0.6 is 11.3 Å². The largest absolute Gasteiger partial charge is 0.336 e. The first-order valence-corrected chi connectivity index (χ1v) is 9.90. The summed E-state index contributed by atoms with van der Waals surface area (Å²) >= 11 is 1.77. The molecule has 1 aliphatic heterocycles. The predicted molar refractivity (Wildman–Crippen MR) is 97.2 cm³/mol. The van der Waals surface area contributed by atoms with Crippen molar-refractivity contribution in [3.05, 3.63) is 22.1 Å². The highest BCUT2D eigenvalue weighted by molar-refractivity contribution is 7.19. The lowest BCUT2D eigenvalue weighted by atomic mass is 9.99. The van der Waals surface area contributed by atoms with E-state index in [0.717, 1.165) is 60.5 Å². The number of likely N-dealkylation sites (tertiary alicyclic amines) is 1. The van der Waals surface area contributed by atoms with Crippen LogP contribution in [0.1, 0.15) is 53.1 Å². The number of rotatable bonds is 1. The molecule has 5 rings (SSSR count). The van der Waals surface area contributed by atoms with Crippen LogP contribution in [0.4, 0.5) is 0 Å². The van der Waals surface area contributed by atoms with Crippen molar-refractivity contribution in [1.82, 2.24) is 24.5 Å². The van der Waals surface area contributed by atoms with Crippen molar-refractivity contribution in [2.75, 3.05) is 13.1 Å². The van der Waals surface area contributed by atoms with E-state index in [1.165, 1.54) is 16.9 Å². The van der Waals surface area contributed by atoms with E-state index in [-0.39, 0.29) is 5.91 Å². The molecule has 130 valence electrons. The van der Waals surface area contributed by atoms with Gasteiger partial charge < -0.3 is 4.90 Å².